The molecular formula is C24H36N4O5S. The standard InChI is InChI=1S/C24H36N4O5S/c1-23(2,27-34(31,32)19-7-5-18(6-8-19)33-14-28(3)4)22(30)26-20-16-9-15-10-17(20)13-24(11-15,12-16)21(25)29/h5-8,15-17,20,27H,9-14H2,1-4H3,(H2,25,29)(H,26,30). The molecule has 0 heterocycles. The van der Waals surface area contributed by atoms with Crippen molar-refractivity contribution in [1.82, 2.24) is 14.9 Å². The summed E-state index contributed by atoms with van der Waals surface area (Å²) in [5.74, 6) is 0.847. The fourth-order valence-corrected chi connectivity index (χ4v) is 7.63. The molecule has 0 aliphatic heterocycles. The van der Waals surface area contributed by atoms with Gasteiger partial charge in [-0.3, -0.25) is 14.5 Å². The fourth-order valence-electron chi connectivity index (χ4n) is 6.25. The van der Waals surface area contributed by atoms with Crippen molar-refractivity contribution in [1.29, 1.82) is 0 Å². The van der Waals surface area contributed by atoms with Crippen LogP contribution in [0.25, 0.3) is 0 Å². The van der Waals surface area contributed by atoms with Crippen molar-refractivity contribution in [3.63, 3.8) is 0 Å². The molecule has 2 amide bonds. The van der Waals surface area contributed by atoms with E-state index >= 15 is 0 Å². The molecule has 188 valence electrons. The van der Waals surface area contributed by atoms with Gasteiger partial charge in [-0.25, -0.2) is 8.42 Å². The largest absolute Gasteiger partial charge is 0.478 e. The van der Waals surface area contributed by atoms with Crippen molar-refractivity contribution in [3.8, 4) is 5.75 Å². The number of benzene rings is 1. The van der Waals surface area contributed by atoms with Crippen LogP contribution in [-0.4, -0.2) is 57.5 Å². The van der Waals surface area contributed by atoms with E-state index in [1.54, 1.807) is 26.0 Å². The minimum Gasteiger partial charge on any atom is -0.478 e. The molecule has 4 saturated carbocycles. The Labute approximate surface area is 201 Å². The number of nitrogens with two attached hydrogens (primary N) is 1. The summed E-state index contributed by atoms with van der Waals surface area (Å²) in [7, 11) is -0.191. The summed E-state index contributed by atoms with van der Waals surface area (Å²) >= 11 is 0. The Balaban J connectivity index is 1.41. The number of ether oxygens (including phenoxy) is 1. The Morgan fingerprint density at radius 2 is 1.71 bits per heavy atom. The minimum absolute atomic E-state index is 0.0589. The van der Waals surface area contributed by atoms with Crippen LogP contribution in [-0.2, 0) is 19.6 Å². The van der Waals surface area contributed by atoms with Crippen LogP contribution in [0.2, 0.25) is 0 Å². The van der Waals surface area contributed by atoms with Crippen molar-refractivity contribution < 1.29 is 22.7 Å². The van der Waals surface area contributed by atoms with E-state index in [4.69, 9.17) is 10.5 Å². The SMILES string of the molecule is CN(C)COc1ccc(S(=O)(=O)NC(C)(C)C(=O)NC2C3CC4CC2CC(C(N)=O)(C4)C3)cc1. The number of amides is 2. The van der Waals surface area contributed by atoms with E-state index < -0.39 is 21.0 Å². The molecule has 9 nitrogen and oxygen atoms in total. The molecule has 4 fully saturated rings. The van der Waals surface area contributed by atoms with Crippen molar-refractivity contribution in [2.75, 3.05) is 20.8 Å². The summed E-state index contributed by atoms with van der Waals surface area (Å²) in [6.07, 6.45) is 4.22. The molecular weight excluding hydrogens is 456 g/mol. The van der Waals surface area contributed by atoms with Gasteiger partial charge in [-0.2, -0.15) is 4.72 Å². The summed E-state index contributed by atoms with van der Waals surface area (Å²) in [6.45, 7) is 3.51. The van der Waals surface area contributed by atoms with Crippen molar-refractivity contribution in [3.05, 3.63) is 24.3 Å². The van der Waals surface area contributed by atoms with E-state index in [1.807, 2.05) is 19.0 Å². The monoisotopic (exact) mass is 492 g/mol. The molecule has 1 aromatic carbocycles. The lowest BCUT2D eigenvalue weighted by molar-refractivity contribution is -0.148. The van der Waals surface area contributed by atoms with Crippen LogP contribution in [0.1, 0.15) is 46.0 Å². The van der Waals surface area contributed by atoms with E-state index in [-0.39, 0.29) is 34.6 Å². The summed E-state index contributed by atoms with van der Waals surface area (Å²) in [5, 5.41) is 3.13. The predicted octanol–water partition coefficient (Wildman–Crippen LogP) is 1.44. The zero-order valence-corrected chi connectivity index (χ0v) is 21.2. The van der Waals surface area contributed by atoms with E-state index in [0.29, 0.717) is 31.2 Å². The molecule has 2 atom stereocenters. The number of nitrogens with zero attached hydrogens (tertiary/aromatic N) is 1. The first kappa shape index (κ1) is 24.9. The van der Waals surface area contributed by atoms with Crippen LogP contribution < -0.4 is 20.5 Å². The fraction of sp³-hybridized carbons (Fsp3) is 0.667. The average Bonchev–Trinajstić information content (AvgIpc) is 2.73. The Morgan fingerprint density at radius 3 is 2.24 bits per heavy atom. The number of hydrogen-bond donors (Lipinski definition) is 3. The van der Waals surface area contributed by atoms with Crippen LogP contribution in [0.15, 0.2) is 29.2 Å². The van der Waals surface area contributed by atoms with E-state index in [0.717, 1.165) is 19.3 Å². The predicted molar refractivity (Wildman–Crippen MR) is 127 cm³/mol. The van der Waals surface area contributed by atoms with Gasteiger partial charge in [0.2, 0.25) is 21.8 Å². The normalized spacial score (nSPS) is 30.4. The minimum atomic E-state index is -3.93. The van der Waals surface area contributed by atoms with Gasteiger partial charge in [-0.15, -0.1) is 0 Å². The molecule has 0 aromatic heterocycles. The lowest BCUT2D eigenvalue weighted by Gasteiger charge is -2.59. The molecule has 4 aliphatic rings. The highest BCUT2D eigenvalue weighted by Crippen LogP contribution is 2.59. The number of rotatable bonds is 9. The molecule has 4 bridgehead atoms. The smallest absolute Gasteiger partial charge is 0.241 e. The van der Waals surface area contributed by atoms with Gasteiger partial charge in [0, 0.05) is 11.5 Å². The number of nitrogens with one attached hydrogen (secondary N) is 2. The van der Waals surface area contributed by atoms with Crippen LogP contribution in [0.5, 0.6) is 5.75 Å². The third kappa shape index (κ3) is 4.81. The number of sulfonamides is 1. The molecule has 4 aliphatic carbocycles. The zero-order chi connectivity index (χ0) is 24.9. The first-order valence-corrected chi connectivity index (χ1v) is 13.3. The quantitative estimate of drug-likeness (QED) is 0.447. The number of hydrogen-bond acceptors (Lipinski definition) is 6. The molecule has 2 unspecified atom stereocenters. The second-order valence-electron chi connectivity index (χ2n) is 11.2. The van der Waals surface area contributed by atoms with Gasteiger partial charge in [-0.1, -0.05) is 0 Å². The summed E-state index contributed by atoms with van der Waals surface area (Å²) < 4.78 is 34.1. The summed E-state index contributed by atoms with van der Waals surface area (Å²) in [4.78, 5) is 27.3. The lowest BCUT2D eigenvalue weighted by atomic mass is 9.47. The summed E-state index contributed by atoms with van der Waals surface area (Å²) in [6, 6.07) is 6.04. The molecule has 0 radical (unpaired) electrons. The summed E-state index contributed by atoms with van der Waals surface area (Å²) in [5.41, 5.74) is 3.97. The average molecular weight is 493 g/mol. The Bertz CT molecular complexity index is 1040. The highest BCUT2D eigenvalue weighted by Gasteiger charge is 2.58. The van der Waals surface area contributed by atoms with Crippen LogP contribution in [0, 0.1) is 23.2 Å². The third-order valence-corrected chi connectivity index (χ3v) is 9.35. The van der Waals surface area contributed by atoms with Crippen LogP contribution in [0.4, 0.5) is 0 Å². The number of carbonyl (C=O) groups excluding carboxylic acids is 2. The molecule has 1 aromatic rings. The van der Waals surface area contributed by atoms with E-state index in [9.17, 15) is 18.0 Å². The van der Waals surface area contributed by atoms with Crippen LogP contribution in [0.3, 0.4) is 0 Å². The first-order chi connectivity index (χ1) is 15.8. The van der Waals surface area contributed by atoms with Gasteiger partial charge in [0.15, 0.2) is 0 Å². The Morgan fingerprint density at radius 1 is 1.12 bits per heavy atom. The van der Waals surface area contributed by atoms with Crippen molar-refractivity contribution in [2.24, 2.45) is 28.9 Å². The van der Waals surface area contributed by atoms with Crippen LogP contribution >= 0.6 is 0 Å². The number of primary amides is 1. The lowest BCUT2D eigenvalue weighted by Crippen LogP contribution is -2.65. The van der Waals surface area contributed by atoms with Crippen molar-refractivity contribution in [2.45, 2.75) is 62.4 Å². The van der Waals surface area contributed by atoms with Gasteiger partial charge in [0.25, 0.3) is 0 Å². The first-order valence-electron chi connectivity index (χ1n) is 11.8. The number of carbonyl (C=O) groups is 2. The second kappa shape index (κ2) is 8.80. The third-order valence-electron chi connectivity index (χ3n) is 7.67. The maximum Gasteiger partial charge on any atom is 0.241 e. The molecule has 10 heteroatoms. The van der Waals surface area contributed by atoms with Gasteiger partial charge < -0.3 is 15.8 Å². The highest BCUT2D eigenvalue weighted by atomic mass is 32.2. The topological polar surface area (TPSA) is 131 Å². The van der Waals surface area contributed by atoms with E-state index in [2.05, 4.69) is 10.0 Å². The van der Waals surface area contributed by atoms with Gasteiger partial charge in [-0.05, 0) is 102 Å². The Hall–Kier alpha value is -2.17. The maximum atomic E-state index is 13.2. The highest BCUT2D eigenvalue weighted by molar-refractivity contribution is 7.89. The zero-order valence-electron chi connectivity index (χ0n) is 20.3. The van der Waals surface area contributed by atoms with Gasteiger partial charge in [0.05, 0.1) is 4.90 Å². The second-order valence-corrected chi connectivity index (χ2v) is 12.9. The van der Waals surface area contributed by atoms with E-state index in [1.165, 1.54) is 12.1 Å². The van der Waals surface area contributed by atoms with Gasteiger partial charge >= 0.3 is 0 Å². The molecule has 0 saturated heterocycles. The van der Waals surface area contributed by atoms with Crippen molar-refractivity contribution >= 4 is 21.8 Å². The Kier molecular flexibility index (Phi) is 6.46. The molecule has 5 rings (SSSR count). The maximum absolute atomic E-state index is 13.2. The molecule has 0 spiro atoms. The molecule has 34 heavy (non-hydrogen) atoms. The molecule has 4 N–H and O–H groups in total. The van der Waals surface area contributed by atoms with Gasteiger partial charge in [0.1, 0.15) is 18.0 Å².